The van der Waals surface area contributed by atoms with Crippen LogP contribution in [0, 0.1) is 0 Å². The van der Waals surface area contributed by atoms with Crippen LogP contribution in [0.2, 0.25) is 0 Å². The molecule has 0 unspecified atom stereocenters. The molecule has 0 aliphatic rings. The topological polar surface area (TPSA) is 86.5 Å². The third-order valence-electron chi connectivity index (χ3n) is 2.74. The maximum Gasteiger partial charge on any atom is 0.338 e. The number of sulfonamides is 1. The minimum atomic E-state index is -3.82. The zero-order chi connectivity index (χ0) is 14.5. The molecule has 0 bridgehead atoms. The van der Waals surface area contributed by atoms with Gasteiger partial charge in [-0.15, -0.1) is 0 Å². The molecule has 6 heteroatoms. The van der Waals surface area contributed by atoms with Gasteiger partial charge in [0.2, 0.25) is 10.0 Å². The van der Waals surface area contributed by atoms with Gasteiger partial charge in [0.25, 0.3) is 0 Å². The van der Waals surface area contributed by atoms with Crippen LogP contribution >= 0.6 is 0 Å². The predicted octanol–water partition coefficient (Wildman–Crippen LogP) is 1.85. The Balaban J connectivity index is 3.06. The second-order valence-electron chi connectivity index (χ2n) is 4.21. The van der Waals surface area contributed by atoms with Gasteiger partial charge in [0, 0.05) is 0 Å². The van der Waals surface area contributed by atoms with Crippen LogP contribution in [0.5, 0.6) is 0 Å². The average molecular weight is 285 g/mol. The highest BCUT2D eigenvalue weighted by molar-refractivity contribution is 7.89. The Kier molecular flexibility index (Phi) is 5.50. The summed E-state index contributed by atoms with van der Waals surface area (Å²) in [6.45, 7) is 4.21. The lowest BCUT2D eigenvalue weighted by Gasteiger charge is -2.09. The van der Waals surface area contributed by atoms with E-state index in [1.807, 2.05) is 13.8 Å². The van der Waals surface area contributed by atoms with E-state index in [1.54, 1.807) is 6.07 Å². The van der Waals surface area contributed by atoms with Crippen LogP contribution in [0.15, 0.2) is 23.1 Å². The lowest BCUT2D eigenvalue weighted by atomic mass is 10.1. The normalized spacial score (nSPS) is 11.3. The first-order valence-corrected chi connectivity index (χ1v) is 7.77. The van der Waals surface area contributed by atoms with Gasteiger partial charge >= 0.3 is 5.97 Å². The Morgan fingerprint density at radius 2 is 2.00 bits per heavy atom. The Morgan fingerprint density at radius 3 is 2.53 bits per heavy atom. The summed E-state index contributed by atoms with van der Waals surface area (Å²) in [4.78, 5) is 11.8. The zero-order valence-corrected chi connectivity index (χ0v) is 12.0. The maximum atomic E-state index is 11.9. The van der Waals surface area contributed by atoms with Gasteiger partial charge in [-0.05, 0) is 30.5 Å². The zero-order valence-electron chi connectivity index (χ0n) is 11.2. The molecule has 0 heterocycles. The van der Waals surface area contributed by atoms with Gasteiger partial charge in [-0.25, -0.2) is 18.4 Å². The fraction of sp³-hybridized carbons (Fsp3) is 0.462. The van der Waals surface area contributed by atoms with Gasteiger partial charge in [-0.2, -0.15) is 0 Å². The van der Waals surface area contributed by atoms with Crippen LogP contribution in [0.1, 0.15) is 42.6 Å². The van der Waals surface area contributed by atoms with E-state index in [2.05, 4.69) is 0 Å². The number of nitrogens with two attached hydrogens (primary N) is 1. The molecular formula is C13H19NO4S. The van der Waals surface area contributed by atoms with Crippen LogP contribution in [-0.2, 0) is 21.2 Å². The molecule has 1 aromatic carbocycles. The quantitative estimate of drug-likeness (QED) is 0.638. The van der Waals surface area contributed by atoms with Gasteiger partial charge in [-0.3, -0.25) is 0 Å². The van der Waals surface area contributed by atoms with Gasteiger partial charge in [0.15, 0.2) is 0 Å². The molecule has 5 nitrogen and oxygen atoms in total. The molecule has 0 amide bonds. The fourth-order valence-electron chi connectivity index (χ4n) is 1.62. The molecular weight excluding hydrogens is 266 g/mol. The summed E-state index contributed by atoms with van der Waals surface area (Å²) in [6.07, 6.45) is 2.32. The number of aryl methyl sites for hydroxylation is 1. The number of carbonyl (C=O) groups excluding carboxylic acids is 1. The predicted molar refractivity (Wildman–Crippen MR) is 72.4 cm³/mol. The van der Waals surface area contributed by atoms with E-state index in [9.17, 15) is 13.2 Å². The smallest absolute Gasteiger partial charge is 0.338 e. The molecule has 19 heavy (non-hydrogen) atoms. The number of ether oxygens (including phenoxy) is 1. The average Bonchev–Trinajstić information content (AvgIpc) is 2.37. The first-order chi connectivity index (χ1) is 8.90. The van der Waals surface area contributed by atoms with Crippen LogP contribution in [0.3, 0.4) is 0 Å². The molecule has 1 aromatic rings. The number of benzene rings is 1. The Labute approximate surface area is 113 Å². The SMILES string of the molecule is CCCCOC(=O)c1cc(S(N)(=O)=O)ccc1CC. The molecule has 1 rings (SSSR count). The van der Waals surface area contributed by atoms with Crippen molar-refractivity contribution in [2.45, 2.75) is 38.0 Å². The molecule has 0 aliphatic carbocycles. The molecule has 106 valence electrons. The van der Waals surface area contributed by atoms with Crippen molar-refractivity contribution >= 4 is 16.0 Å². The van der Waals surface area contributed by atoms with Crippen molar-refractivity contribution in [3.8, 4) is 0 Å². The molecule has 0 atom stereocenters. The van der Waals surface area contributed by atoms with Crippen molar-refractivity contribution in [1.29, 1.82) is 0 Å². The number of carbonyl (C=O) groups is 1. The minimum Gasteiger partial charge on any atom is -0.462 e. The van der Waals surface area contributed by atoms with E-state index in [-0.39, 0.29) is 10.5 Å². The van der Waals surface area contributed by atoms with E-state index in [1.165, 1.54) is 12.1 Å². The summed E-state index contributed by atoms with van der Waals surface area (Å²) >= 11 is 0. The molecule has 2 N–H and O–H groups in total. The third kappa shape index (κ3) is 4.33. The first-order valence-electron chi connectivity index (χ1n) is 6.23. The van der Waals surface area contributed by atoms with Gasteiger partial charge < -0.3 is 4.74 Å². The Bertz CT molecular complexity index is 552. The minimum absolute atomic E-state index is 0.0767. The number of rotatable bonds is 6. The molecule has 0 saturated carbocycles. The molecule has 0 aliphatic heterocycles. The lowest BCUT2D eigenvalue weighted by Crippen LogP contribution is -2.15. The van der Waals surface area contributed by atoms with Crippen LogP contribution in [0.4, 0.5) is 0 Å². The number of hydrogen-bond donors (Lipinski definition) is 1. The number of unbranched alkanes of at least 4 members (excludes halogenated alkanes) is 1. The van der Waals surface area contributed by atoms with Crippen molar-refractivity contribution in [2.24, 2.45) is 5.14 Å². The van der Waals surface area contributed by atoms with Crippen LogP contribution in [0.25, 0.3) is 0 Å². The van der Waals surface area contributed by atoms with Crippen LogP contribution < -0.4 is 5.14 Å². The Morgan fingerprint density at radius 1 is 1.32 bits per heavy atom. The Hall–Kier alpha value is -1.40. The van der Waals surface area contributed by atoms with Crippen molar-refractivity contribution < 1.29 is 17.9 Å². The molecule has 0 fully saturated rings. The van der Waals surface area contributed by atoms with E-state index < -0.39 is 16.0 Å². The highest BCUT2D eigenvalue weighted by Crippen LogP contribution is 2.17. The lowest BCUT2D eigenvalue weighted by molar-refractivity contribution is 0.0498. The molecule has 0 saturated heterocycles. The van der Waals surface area contributed by atoms with E-state index >= 15 is 0 Å². The molecule has 0 radical (unpaired) electrons. The monoisotopic (exact) mass is 285 g/mol. The van der Waals surface area contributed by atoms with Crippen LogP contribution in [-0.4, -0.2) is 21.0 Å². The number of primary sulfonamides is 1. The third-order valence-corrected chi connectivity index (χ3v) is 3.65. The summed E-state index contributed by atoms with van der Waals surface area (Å²) in [7, 11) is -3.82. The second kappa shape index (κ2) is 6.68. The second-order valence-corrected chi connectivity index (χ2v) is 5.77. The first kappa shape index (κ1) is 15.7. The van der Waals surface area contributed by atoms with Gasteiger partial charge in [0.05, 0.1) is 17.1 Å². The van der Waals surface area contributed by atoms with Crippen molar-refractivity contribution in [3.63, 3.8) is 0 Å². The highest BCUT2D eigenvalue weighted by atomic mass is 32.2. The molecule has 0 aromatic heterocycles. The summed E-state index contributed by atoms with van der Waals surface area (Å²) in [5.74, 6) is -0.504. The summed E-state index contributed by atoms with van der Waals surface area (Å²) < 4.78 is 27.7. The fourth-order valence-corrected chi connectivity index (χ4v) is 2.16. The van der Waals surface area contributed by atoms with E-state index in [0.717, 1.165) is 18.4 Å². The van der Waals surface area contributed by atoms with Gasteiger partial charge in [-0.1, -0.05) is 26.3 Å². The summed E-state index contributed by atoms with van der Waals surface area (Å²) in [6, 6.07) is 4.27. The van der Waals surface area contributed by atoms with Crippen molar-refractivity contribution in [2.75, 3.05) is 6.61 Å². The summed E-state index contributed by atoms with van der Waals surface area (Å²) in [5, 5.41) is 5.06. The van der Waals surface area contributed by atoms with Gasteiger partial charge in [0.1, 0.15) is 0 Å². The number of esters is 1. The van der Waals surface area contributed by atoms with E-state index in [4.69, 9.17) is 9.88 Å². The van der Waals surface area contributed by atoms with Crippen molar-refractivity contribution in [1.82, 2.24) is 0 Å². The standard InChI is InChI=1S/C13H19NO4S/c1-3-5-8-18-13(15)12-9-11(19(14,16)17)7-6-10(12)4-2/h6-7,9H,3-5,8H2,1-2H3,(H2,14,16,17). The van der Waals surface area contributed by atoms with E-state index in [0.29, 0.717) is 13.0 Å². The molecule has 0 spiro atoms. The maximum absolute atomic E-state index is 11.9. The summed E-state index contributed by atoms with van der Waals surface area (Å²) in [5.41, 5.74) is 1.01. The number of hydrogen-bond acceptors (Lipinski definition) is 4. The highest BCUT2D eigenvalue weighted by Gasteiger charge is 2.16. The largest absolute Gasteiger partial charge is 0.462 e. The van der Waals surface area contributed by atoms with Crippen molar-refractivity contribution in [3.05, 3.63) is 29.3 Å².